The third-order valence-electron chi connectivity index (χ3n) is 7.33. The van der Waals surface area contributed by atoms with Crippen molar-refractivity contribution in [2.24, 2.45) is 10.9 Å². The SMILES string of the molecule is O=C(c1ccc(F)c(CN2CN=Cc3c(Cl)cccc32)c1)N1CCN(C(=O)C2CCCCC2)CC1. The fourth-order valence-electron chi connectivity index (χ4n) is 5.33. The normalized spacial score (nSPS) is 18.5. The second-order valence-electron chi connectivity index (χ2n) is 9.58. The molecule has 0 spiro atoms. The fourth-order valence-corrected chi connectivity index (χ4v) is 5.54. The third kappa shape index (κ3) is 5.06. The molecular weight excluding hydrogens is 467 g/mol. The molecule has 0 aromatic heterocycles. The van der Waals surface area contributed by atoms with E-state index < -0.39 is 0 Å². The van der Waals surface area contributed by atoms with Crippen LogP contribution >= 0.6 is 11.6 Å². The second-order valence-corrected chi connectivity index (χ2v) is 9.99. The Morgan fingerprint density at radius 1 is 1.00 bits per heavy atom. The van der Waals surface area contributed by atoms with Crippen LogP contribution in [-0.2, 0) is 11.3 Å². The highest BCUT2D eigenvalue weighted by molar-refractivity contribution is 6.33. The highest BCUT2D eigenvalue weighted by atomic mass is 35.5. The molecule has 184 valence electrons. The molecule has 0 radical (unpaired) electrons. The quantitative estimate of drug-likeness (QED) is 0.614. The van der Waals surface area contributed by atoms with Gasteiger partial charge in [0.15, 0.2) is 0 Å². The molecule has 2 aromatic carbocycles. The summed E-state index contributed by atoms with van der Waals surface area (Å²) in [6.45, 7) is 2.77. The highest BCUT2D eigenvalue weighted by Crippen LogP contribution is 2.30. The van der Waals surface area contributed by atoms with Gasteiger partial charge in [0.05, 0.1) is 5.02 Å². The number of carbonyl (C=O) groups excluding carboxylic acids is 2. The van der Waals surface area contributed by atoms with Crippen LogP contribution in [0.4, 0.5) is 10.1 Å². The molecule has 1 aliphatic carbocycles. The first-order chi connectivity index (χ1) is 17.0. The second kappa shape index (κ2) is 10.4. The van der Waals surface area contributed by atoms with Crippen molar-refractivity contribution < 1.29 is 14.0 Å². The molecule has 6 nitrogen and oxygen atoms in total. The van der Waals surface area contributed by atoms with Crippen LogP contribution in [0, 0.1) is 11.7 Å². The largest absolute Gasteiger partial charge is 0.347 e. The summed E-state index contributed by atoms with van der Waals surface area (Å²) in [7, 11) is 0. The number of fused-ring (bicyclic) bond motifs is 1. The number of hydrogen-bond donors (Lipinski definition) is 0. The van der Waals surface area contributed by atoms with Crippen molar-refractivity contribution >= 4 is 35.3 Å². The van der Waals surface area contributed by atoms with Crippen LogP contribution in [0.3, 0.4) is 0 Å². The molecule has 0 bridgehead atoms. The first-order valence-electron chi connectivity index (χ1n) is 12.4. The van der Waals surface area contributed by atoms with Crippen LogP contribution in [0.15, 0.2) is 41.4 Å². The van der Waals surface area contributed by atoms with Crippen molar-refractivity contribution in [1.82, 2.24) is 9.80 Å². The Kier molecular flexibility index (Phi) is 7.04. The zero-order chi connectivity index (χ0) is 24.4. The van der Waals surface area contributed by atoms with E-state index in [4.69, 9.17) is 11.6 Å². The van der Waals surface area contributed by atoms with Gasteiger partial charge < -0.3 is 14.7 Å². The zero-order valence-electron chi connectivity index (χ0n) is 19.8. The van der Waals surface area contributed by atoms with Crippen LogP contribution in [-0.4, -0.2) is 60.7 Å². The van der Waals surface area contributed by atoms with E-state index in [1.807, 2.05) is 21.9 Å². The molecule has 3 aliphatic rings. The highest BCUT2D eigenvalue weighted by Gasteiger charge is 2.30. The number of benzene rings is 2. The lowest BCUT2D eigenvalue weighted by Crippen LogP contribution is -2.52. The number of aliphatic imine (C=N–C) groups is 1. The van der Waals surface area contributed by atoms with E-state index in [-0.39, 0.29) is 30.1 Å². The van der Waals surface area contributed by atoms with E-state index in [2.05, 4.69) is 4.99 Å². The lowest BCUT2D eigenvalue weighted by molar-refractivity contribution is -0.138. The predicted molar refractivity (Wildman–Crippen MR) is 136 cm³/mol. The number of rotatable bonds is 4. The van der Waals surface area contributed by atoms with E-state index in [9.17, 15) is 14.0 Å². The van der Waals surface area contributed by atoms with Gasteiger partial charge >= 0.3 is 0 Å². The monoisotopic (exact) mass is 496 g/mol. The van der Waals surface area contributed by atoms with E-state index in [1.54, 1.807) is 29.3 Å². The molecule has 35 heavy (non-hydrogen) atoms. The first-order valence-corrected chi connectivity index (χ1v) is 12.8. The Morgan fingerprint density at radius 3 is 2.51 bits per heavy atom. The lowest BCUT2D eigenvalue weighted by atomic mass is 9.88. The summed E-state index contributed by atoms with van der Waals surface area (Å²) < 4.78 is 14.7. The lowest BCUT2D eigenvalue weighted by Gasteiger charge is -2.37. The van der Waals surface area contributed by atoms with Crippen molar-refractivity contribution in [3.8, 4) is 0 Å². The smallest absolute Gasteiger partial charge is 0.253 e. The minimum Gasteiger partial charge on any atom is -0.347 e. The number of anilines is 1. The van der Waals surface area contributed by atoms with Gasteiger partial charge in [0, 0.05) is 67.2 Å². The number of nitrogens with zero attached hydrogens (tertiary/aromatic N) is 4. The van der Waals surface area contributed by atoms with Gasteiger partial charge in [-0.05, 0) is 43.2 Å². The standard InChI is InChI=1S/C27H30ClFN4O2/c28-23-7-4-8-25-22(23)16-30-18-33(25)17-21-15-20(9-10-24(21)29)27(35)32-13-11-31(12-14-32)26(34)19-5-2-1-3-6-19/h4,7-10,15-16,19H,1-3,5-6,11-14,17-18H2. The van der Waals surface area contributed by atoms with E-state index in [0.717, 1.165) is 36.9 Å². The van der Waals surface area contributed by atoms with Crippen LogP contribution in [0.25, 0.3) is 0 Å². The van der Waals surface area contributed by atoms with Crippen molar-refractivity contribution in [1.29, 1.82) is 0 Å². The molecule has 8 heteroatoms. The molecule has 1 saturated carbocycles. The Morgan fingerprint density at radius 2 is 1.74 bits per heavy atom. The van der Waals surface area contributed by atoms with E-state index in [0.29, 0.717) is 49.0 Å². The number of piperazine rings is 1. The number of amides is 2. The van der Waals surface area contributed by atoms with Gasteiger partial charge in [-0.1, -0.05) is 36.9 Å². The van der Waals surface area contributed by atoms with E-state index in [1.165, 1.54) is 12.5 Å². The summed E-state index contributed by atoms with van der Waals surface area (Å²) in [5, 5.41) is 0.599. The van der Waals surface area contributed by atoms with Crippen LogP contribution in [0.2, 0.25) is 5.02 Å². The maximum absolute atomic E-state index is 14.7. The Bertz CT molecular complexity index is 1140. The predicted octanol–water partition coefficient (Wildman–Crippen LogP) is 4.74. The van der Waals surface area contributed by atoms with Crippen molar-refractivity contribution in [3.63, 3.8) is 0 Å². The topological polar surface area (TPSA) is 56.2 Å². The minimum atomic E-state index is -0.359. The molecule has 2 fully saturated rings. The van der Waals surface area contributed by atoms with Crippen molar-refractivity contribution in [2.45, 2.75) is 38.6 Å². The summed E-state index contributed by atoms with van der Waals surface area (Å²) in [5.41, 5.74) is 2.60. The van der Waals surface area contributed by atoms with Crippen LogP contribution in [0.5, 0.6) is 0 Å². The van der Waals surface area contributed by atoms with Gasteiger partial charge in [-0.25, -0.2) is 4.39 Å². The maximum Gasteiger partial charge on any atom is 0.253 e. The first kappa shape index (κ1) is 23.8. The third-order valence-corrected chi connectivity index (χ3v) is 7.66. The molecule has 0 unspecified atom stereocenters. The van der Waals surface area contributed by atoms with Crippen LogP contribution < -0.4 is 4.90 Å². The van der Waals surface area contributed by atoms with Gasteiger partial charge in [-0.2, -0.15) is 0 Å². The molecule has 0 atom stereocenters. The van der Waals surface area contributed by atoms with Gasteiger partial charge in [-0.15, -0.1) is 0 Å². The summed E-state index contributed by atoms with van der Waals surface area (Å²) >= 11 is 6.30. The average molecular weight is 497 g/mol. The molecule has 2 aromatic rings. The van der Waals surface area contributed by atoms with Crippen LogP contribution in [0.1, 0.15) is 53.6 Å². The average Bonchev–Trinajstić information content (AvgIpc) is 2.90. The Balaban J connectivity index is 1.25. The van der Waals surface area contributed by atoms with Gasteiger partial charge in [0.2, 0.25) is 5.91 Å². The molecule has 0 N–H and O–H groups in total. The maximum atomic E-state index is 14.7. The Labute approximate surface area is 210 Å². The molecular formula is C27H30ClFN4O2. The molecule has 2 heterocycles. The molecule has 2 amide bonds. The number of halogens is 2. The van der Waals surface area contributed by atoms with E-state index >= 15 is 0 Å². The summed E-state index contributed by atoms with van der Waals surface area (Å²) in [6, 6.07) is 10.1. The fraction of sp³-hybridized carbons (Fsp3) is 0.444. The molecule has 5 rings (SSSR count). The number of hydrogen-bond acceptors (Lipinski definition) is 4. The van der Waals surface area contributed by atoms with Gasteiger partial charge in [0.1, 0.15) is 12.5 Å². The van der Waals surface area contributed by atoms with Crippen molar-refractivity contribution in [3.05, 3.63) is 63.9 Å². The summed E-state index contributed by atoms with van der Waals surface area (Å²) in [5.74, 6) is -0.103. The van der Waals surface area contributed by atoms with Crippen molar-refractivity contribution in [2.75, 3.05) is 37.7 Å². The molecule has 1 saturated heterocycles. The van der Waals surface area contributed by atoms with Gasteiger partial charge in [0.25, 0.3) is 5.91 Å². The Hall–Kier alpha value is -2.93. The minimum absolute atomic E-state index is 0.129. The molecule has 2 aliphatic heterocycles. The number of carbonyl (C=O) groups is 2. The zero-order valence-corrected chi connectivity index (χ0v) is 20.5. The van der Waals surface area contributed by atoms with Gasteiger partial charge in [-0.3, -0.25) is 14.6 Å². The summed E-state index contributed by atoms with van der Waals surface area (Å²) in [6.07, 6.45) is 7.18. The summed E-state index contributed by atoms with van der Waals surface area (Å²) in [4.78, 5) is 36.0.